The minimum absolute atomic E-state index is 0.00635. The standard InChI is InChI=1S/C27H24N4O5/c1-18-8-7-12-21(14-18)29-24(32)16-31-26(34)22(30-27(31)35)15-19-9-5-6-13-23(19)36-17-25(33)28-20-10-3-2-4-11-20/h2-15H,16-17H2,1H3,(H,28,33)(H,29,32)(H,30,35)/b22-15+. The minimum Gasteiger partial charge on any atom is -0.483 e. The zero-order chi connectivity index (χ0) is 25.5. The third-order valence-electron chi connectivity index (χ3n) is 5.20. The van der Waals surface area contributed by atoms with Crippen molar-refractivity contribution in [3.05, 3.63) is 95.7 Å². The Morgan fingerprint density at radius 1 is 0.889 bits per heavy atom. The van der Waals surface area contributed by atoms with Crippen molar-refractivity contribution in [2.24, 2.45) is 0 Å². The lowest BCUT2D eigenvalue weighted by molar-refractivity contribution is -0.127. The van der Waals surface area contributed by atoms with Gasteiger partial charge in [-0.2, -0.15) is 0 Å². The Bertz CT molecular complexity index is 1340. The third-order valence-corrected chi connectivity index (χ3v) is 5.20. The number of amides is 5. The zero-order valence-electron chi connectivity index (χ0n) is 19.5. The average molecular weight is 485 g/mol. The van der Waals surface area contributed by atoms with Crippen molar-refractivity contribution in [1.29, 1.82) is 0 Å². The molecule has 0 aliphatic carbocycles. The molecule has 182 valence electrons. The highest BCUT2D eigenvalue weighted by Gasteiger charge is 2.35. The molecule has 0 aromatic heterocycles. The highest BCUT2D eigenvalue weighted by atomic mass is 16.5. The van der Waals surface area contributed by atoms with Gasteiger partial charge in [-0.05, 0) is 48.9 Å². The van der Waals surface area contributed by atoms with Crippen LogP contribution >= 0.6 is 0 Å². The van der Waals surface area contributed by atoms with E-state index in [4.69, 9.17) is 4.74 Å². The molecule has 0 spiro atoms. The highest BCUT2D eigenvalue weighted by molar-refractivity contribution is 6.16. The van der Waals surface area contributed by atoms with Gasteiger partial charge in [0.05, 0.1) is 0 Å². The molecule has 9 nitrogen and oxygen atoms in total. The first-order valence-electron chi connectivity index (χ1n) is 11.2. The van der Waals surface area contributed by atoms with Crippen molar-refractivity contribution < 1.29 is 23.9 Å². The number of imide groups is 1. The van der Waals surface area contributed by atoms with Crippen molar-refractivity contribution in [2.45, 2.75) is 6.92 Å². The van der Waals surface area contributed by atoms with Crippen LogP contribution < -0.4 is 20.7 Å². The lowest BCUT2D eigenvalue weighted by Crippen LogP contribution is -2.38. The van der Waals surface area contributed by atoms with Gasteiger partial charge in [-0.15, -0.1) is 0 Å². The van der Waals surface area contributed by atoms with Gasteiger partial charge in [-0.25, -0.2) is 9.69 Å². The molecule has 5 amide bonds. The molecule has 3 aromatic rings. The SMILES string of the molecule is Cc1cccc(NC(=O)CN2C(=O)N/C(=C/c3ccccc3OCC(=O)Nc3ccccc3)C2=O)c1. The normalized spacial score (nSPS) is 13.9. The molecule has 1 fully saturated rings. The Kier molecular flexibility index (Phi) is 7.40. The average Bonchev–Trinajstić information content (AvgIpc) is 3.11. The van der Waals surface area contributed by atoms with Crippen LogP contribution in [0.4, 0.5) is 16.2 Å². The largest absolute Gasteiger partial charge is 0.483 e. The molecule has 1 heterocycles. The molecule has 36 heavy (non-hydrogen) atoms. The van der Waals surface area contributed by atoms with Gasteiger partial charge in [0.1, 0.15) is 18.0 Å². The summed E-state index contributed by atoms with van der Waals surface area (Å²) < 4.78 is 5.65. The van der Waals surface area contributed by atoms with Gasteiger partial charge in [-0.3, -0.25) is 14.4 Å². The summed E-state index contributed by atoms with van der Waals surface area (Å²) in [5, 5.41) is 7.89. The number of benzene rings is 3. The predicted molar refractivity (Wildman–Crippen MR) is 135 cm³/mol. The summed E-state index contributed by atoms with van der Waals surface area (Å²) in [6, 6.07) is 22.3. The van der Waals surface area contributed by atoms with Gasteiger partial charge < -0.3 is 20.7 Å². The van der Waals surface area contributed by atoms with Crippen LogP contribution in [0.3, 0.4) is 0 Å². The lowest BCUT2D eigenvalue weighted by Gasteiger charge is -2.12. The smallest absolute Gasteiger partial charge is 0.329 e. The second kappa shape index (κ2) is 11.0. The number of aryl methyl sites for hydroxylation is 1. The van der Waals surface area contributed by atoms with Crippen molar-refractivity contribution in [1.82, 2.24) is 10.2 Å². The molecule has 1 aliphatic rings. The van der Waals surface area contributed by atoms with Crippen LogP contribution in [-0.4, -0.2) is 41.8 Å². The summed E-state index contributed by atoms with van der Waals surface area (Å²) in [6.45, 7) is 1.20. The van der Waals surface area contributed by atoms with E-state index in [1.54, 1.807) is 66.7 Å². The summed E-state index contributed by atoms with van der Waals surface area (Å²) in [7, 11) is 0. The van der Waals surface area contributed by atoms with Gasteiger partial charge in [0, 0.05) is 16.9 Å². The van der Waals surface area contributed by atoms with E-state index < -0.39 is 24.4 Å². The number of carbonyl (C=O) groups excluding carboxylic acids is 4. The third kappa shape index (κ3) is 6.15. The zero-order valence-corrected chi connectivity index (χ0v) is 19.5. The fourth-order valence-corrected chi connectivity index (χ4v) is 3.53. The molecular formula is C27H24N4O5. The lowest BCUT2D eigenvalue weighted by atomic mass is 10.1. The predicted octanol–water partition coefficient (Wildman–Crippen LogP) is 3.54. The highest BCUT2D eigenvalue weighted by Crippen LogP contribution is 2.23. The Morgan fingerprint density at radius 3 is 2.36 bits per heavy atom. The summed E-state index contributed by atoms with van der Waals surface area (Å²) in [5.41, 5.74) is 2.66. The Morgan fingerprint density at radius 2 is 1.58 bits per heavy atom. The quantitative estimate of drug-likeness (QED) is 0.334. The monoisotopic (exact) mass is 484 g/mol. The molecule has 3 aromatic carbocycles. The molecule has 0 unspecified atom stereocenters. The maximum Gasteiger partial charge on any atom is 0.329 e. The summed E-state index contributed by atoms with van der Waals surface area (Å²) in [4.78, 5) is 50.7. The van der Waals surface area contributed by atoms with Crippen LogP contribution in [0.2, 0.25) is 0 Å². The number of ether oxygens (including phenoxy) is 1. The van der Waals surface area contributed by atoms with Crippen LogP contribution in [-0.2, 0) is 14.4 Å². The summed E-state index contributed by atoms with van der Waals surface area (Å²) in [5.74, 6) is -1.14. The van der Waals surface area contributed by atoms with Crippen molar-refractivity contribution in [2.75, 3.05) is 23.8 Å². The molecule has 0 bridgehead atoms. The number of hydrogen-bond acceptors (Lipinski definition) is 5. The van der Waals surface area contributed by atoms with Gasteiger partial charge in [0.25, 0.3) is 11.8 Å². The van der Waals surface area contributed by atoms with Crippen LogP contribution in [0.15, 0.2) is 84.6 Å². The summed E-state index contributed by atoms with van der Waals surface area (Å²) in [6.07, 6.45) is 1.45. The number of nitrogens with one attached hydrogen (secondary N) is 3. The first kappa shape index (κ1) is 24.2. The van der Waals surface area contributed by atoms with Crippen LogP contribution in [0.25, 0.3) is 6.08 Å². The van der Waals surface area contributed by atoms with E-state index in [2.05, 4.69) is 16.0 Å². The molecule has 4 rings (SSSR count). The Labute approximate surface area is 207 Å². The van der Waals surface area contributed by atoms with Gasteiger partial charge >= 0.3 is 6.03 Å². The van der Waals surface area contributed by atoms with Crippen LogP contribution in [0.5, 0.6) is 5.75 Å². The second-order valence-electron chi connectivity index (χ2n) is 8.04. The molecule has 0 saturated carbocycles. The molecule has 0 atom stereocenters. The number of anilines is 2. The second-order valence-corrected chi connectivity index (χ2v) is 8.04. The van der Waals surface area contributed by atoms with Crippen LogP contribution in [0.1, 0.15) is 11.1 Å². The first-order valence-corrected chi connectivity index (χ1v) is 11.2. The van der Waals surface area contributed by atoms with Crippen molar-refractivity contribution in [3.8, 4) is 5.75 Å². The van der Waals surface area contributed by atoms with Crippen molar-refractivity contribution in [3.63, 3.8) is 0 Å². The van der Waals surface area contributed by atoms with Gasteiger partial charge in [-0.1, -0.05) is 48.5 Å². The number of nitrogens with zero attached hydrogens (tertiary/aromatic N) is 1. The van der Waals surface area contributed by atoms with Gasteiger partial charge in [0.2, 0.25) is 5.91 Å². The number of hydrogen-bond donors (Lipinski definition) is 3. The fraction of sp³-hybridized carbons (Fsp3) is 0.111. The van der Waals surface area contributed by atoms with Crippen LogP contribution in [0, 0.1) is 6.92 Å². The Balaban J connectivity index is 1.40. The maximum absolute atomic E-state index is 12.8. The van der Waals surface area contributed by atoms with E-state index in [1.807, 2.05) is 19.1 Å². The minimum atomic E-state index is -0.703. The maximum atomic E-state index is 12.8. The summed E-state index contributed by atoms with van der Waals surface area (Å²) >= 11 is 0. The number of carbonyl (C=O) groups is 4. The van der Waals surface area contributed by atoms with E-state index in [0.29, 0.717) is 22.7 Å². The van der Waals surface area contributed by atoms with Crippen molar-refractivity contribution >= 4 is 41.2 Å². The Hall–Kier alpha value is -4.92. The molecule has 1 aliphatic heterocycles. The first-order chi connectivity index (χ1) is 17.4. The molecule has 3 N–H and O–H groups in total. The van der Waals surface area contributed by atoms with E-state index in [9.17, 15) is 19.2 Å². The molecule has 9 heteroatoms. The van der Waals surface area contributed by atoms with E-state index in [1.165, 1.54) is 6.08 Å². The van der Waals surface area contributed by atoms with E-state index in [-0.39, 0.29) is 18.2 Å². The number of para-hydroxylation sites is 2. The number of rotatable bonds is 8. The fourth-order valence-electron chi connectivity index (χ4n) is 3.53. The topological polar surface area (TPSA) is 117 Å². The molecular weight excluding hydrogens is 460 g/mol. The number of urea groups is 1. The molecule has 0 radical (unpaired) electrons. The molecule has 1 saturated heterocycles. The van der Waals surface area contributed by atoms with Gasteiger partial charge in [0.15, 0.2) is 6.61 Å². The van der Waals surface area contributed by atoms with E-state index >= 15 is 0 Å². The van der Waals surface area contributed by atoms with E-state index in [0.717, 1.165) is 10.5 Å².